The molecule has 4 heteroatoms. The fourth-order valence-corrected chi connectivity index (χ4v) is 3.57. The van der Waals surface area contributed by atoms with Crippen molar-refractivity contribution < 1.29 is 50.7 Å². The zero-order valence-electron chi connectivity index (χ0n) is 9.63. The minimum atomic E-state index is -0.613. The molecule has 0 atom stereocenters. The molecule has 86 valence electrons. The fraction of sp³-hybridized carbons (Fsp3) is 0.333. The summed E-state index contributed by atoms with van der Waals surface area (Å²) in [4.78, 5) is 0. The van der Waals surface area contributed by atoms with E-state index in [-0.39, 0.29) is 50.7 Å². The van der Waals surface area contributed by atoms with E-state index in [1.807, 2.05) is 0 Å². The Kier molecular flexibility index (Phi) is 10.3. The van der Waals surface area contributed by atoms with Gasteiger partial charge in [-0.25, -0.2) is 0 Å². The molecule has 0 saturated carbocycles. The first kappa shape index (κ1) is 19.0. The average molecular weight is 438 g/mol. The summed E-state index contributed by atoms with van der Waals surface area (Å²) in [6, 6.07) is 0. The molecule has 0 amide bonds. The molecule has 2 aliphatic rings. The Balaban J connectivity index is 0. The van der Waals surface area contributed by atoms with Crippen molar-refractivity contribution in [2.45, 2.75) is 25.9 Å². The summed E-state index contributed by atoms with van der Waals surface area (Å²) in [5.74, 6) is 0. The molecule has 2 aliphatic carbocycles. The number of hydrogen-bond acceptors (Lipinski definition) is 0. The Morgan fingerprint density at radius 2 is 1.75 bits per heavy atom. The first-order chi connectivity index (χ1) is 6.29. The van der Waals surface area contributed by atoms with Gasteiger partial charge in [0.2, 0.25) is 0 Å². The van der Waals surface area contributed by atoms with E-state index < -0.39 is 8.80 Å². The van der Waals surface area contributed by atoms with Crippen LogP contribution in [0.3, 0.4) is 0 Å². The van der Waals surface area contributed by atoms with Gasteiger partial charge in [0.25, 0.3) is 0 Å². The molecule has 0 nitrogen and oxygen atoms in total. The van der Waals surface area contributed by atoms with E-state index in [9.17, 15) is 0 Å². The van der Waals surface area contributed by atoms with Gasteiger partial charge in [0.05, 0.1) is 8.80 Å². The van der Waals surface area contributed by atoms with Gasteiger partial charge in [-0.1, -0.05) is 48.7 Å². The smallest absolute Gasteiger partial charge is 1.00 e. The molecule has 2 rings (SSSR count). The molecule has 0 aromatic carbocycles. The van der Waals surface area contributed by atoms with Gasteiger partial charge >= 0.3 is 25.8 Å². The van der Waals surface area contributed by atoms with Crippen LogP contribution in [0.15, 0.2) is 46.7 Å². The number of hydrogen-bond donors (Lipinski definition) is 0. The van der Waals surface area contributed by atoms with Gasteiger partial charge in [-0.2, -0.15) is 0 Å². The number of rotatable bonds is 2. The molecule has 0 radical (unpaired) electrons. The molecular formula is C12H16Cl2HfSi. The van der Waals surface area contributed by atoms with Gasteiger partial charge in [0, 0.05) is 0 Å². The third-order valence-corrected chi connectivity index (χ3v) is 4.53. The molecule has 0 aliphatic heterocycles. The zero-order chi connectivity index (χ0) is 9.26. The van der Waals surface area contributed by atoms with Gasteiger partial charge < -0.3 is 24.8 Å². The Labute approximate surface area is 131 Å². The van der Waals surface area contributed by atoms with Crippen LogP contribution in [0.2, 0.25) is 13.1 Å². The molecule has 0 saturated heterocycles. The first-order valence-corrected chi connectivity index (χ1v) is 7.93. The monoisotopic (exact) mass is 438 g/mol. The fourth-order valence-electron chi connectivity index (χ4n) is 2.05. The van der Waals surface area contributed by atoms with Crippen molar-refractivity contribution in [2.24, 2.45) is 0 Å². The van der Waals surface area contributed by atoms with Gasteiger partial charge in [0.1, 0.15) is 0 Å². The van der Waals surface area contributed by atoms with Crippen LogP contribution < -0.4 is 24.8 Å². The Morgan fingerprint density at radius 3 is 2.25 bits per heavy atom. The van der Waals surface area contributed by atoms with Crippen molar-refractivity contribution in [1.82, 2.24) is 0 Å². The molecule has 0 spiro atoms. The summed E-state index contributed by atoms with van der Waals surface area (Å²) in [5, 5.41) is 1.68. The summed E-state index contributed by atoms with van der Waals surface area (Å²) in [7, 11) is -0.613. The summed E-state index contributed by atoms with van der Waals surface area (Å²) in [6.07, 6.45) is 13.7. The van der Waals surface area contributed by atoms with Crippen molar-refractivity contribution in [3.05, 3.63) is 46.7 Å². The van der Waals surface area contributed by atoms with Crippen LogP contribution in [-0.2, 0) is 25.8 Å². The van der Waals surface area contributed by atoms with Gasteiger partial charge in [-0.3, -0.25) is 0 Å². The molecule has 0 aromatic heterocycles. The van der Waals surface area contributed by atoms with Gasteiger partial charge in [-0.15, -0.1) is 0 Å². The van der Waals surface area contributed by atoms with E-state index in [1.54, 1.807) is 16.3 Å². The van der Waals surface area contributed by atoms with E-state index >= 15 is 0 Å². The van der Waals surface area contributed by atoms with Crippen LogP contribution >= 0.6 is 0 Å². The van der Waals surface area contributed by atoms with Gasteiger partial charge in [-0.05, 0) is 24.0 Å². The van der Waals surface area contributed by atoms with E-state index in [0.717, 1.165) is 6.42 Å². The quantitative estimate of drug-likeness (QED) is 0.409. The van der Waals surface area contributed by atoms with Crippen LogP contribution in [-0.4, -0.2) is 8.80 Å². The first-order valence-electron chi connectivity index (χ1n) is 5.04. The van der Waals surface area contributed by atoms with Crippen LogP contribution in [0, 0.1) is 0 Å². The van der Waals surface area contributed by atoms with Crippen LogP contribution in [0.1, 0.15) is 12.8 Å². The number of halogens is 2. The van der Waals surface area contributed by atoms with Gasteiger partial charge in [0.15, 0.2) is 0 Å². The van der Waals surface area contributed by atoms with Crippen LogP contribution in [0.4, 0.5) is 0 Å². The average Bonchev–Trinajstić information content (AvgIpc) is 2.74. The van der Waals surface area contributed by atoms with Crippen molar-refractivity contribution in [3.8, 4) is 0 Å². The second-order valence-corrected chi connectivity index (χ2v) is 6.95. The second-order valence-electron chi connectivity index (χ2n) is 4.02. The van der Waals surface area contributed by atoms with E-state index in [4.69, 9.17) is 0 Å². The molecule has 0 heterocycles. The minimum absolute atomic E-state index is 0. The third-order valence-electron chi connectivity index (χ3n) is 2.75. The summed E-state index contributed by atoms with van der Waals surface area (Å²) < 4.78 is 0. The van der Waals surface area contributed by atoms with Crippen molar-refractivity contribution in [3.63, 3.8) is 0 Å². The Bertz CT molecular complexity index is 341. The van der Waals surface area contributed by atoms with Crippen LogP contribution in [0.5, 0.6) is 0 Å². The predicted molar refractivity (Wildman–Crippen MR) is 61.5 cm³/mol. The third kappa shape index (κ3) is 4.14. The summed E-state index contributed by atoms with van der Waals surface area (Å²) >= 11 is 0. The largest absolute Gasteiger partial charge is 2.00 e. The molecule has 16 heavy (non-hydrogen) atoms. The number of allylic oxidation sites excluding steroid dienone is 8. The maximum atomic E-state index is 2.41. The maximum absolute atomic E-state index is 2.41. The van der Waals surface area contributed by atoms with Crippen molar-refractivity contribution >= 4 is 8.80 Å². The molecule has 0 N–H and O–H groups in total. The second kappa shape index (κ2) is 8.68. The SMILES string of the molecule is C[SiH](C)C1=C(C2=CC=CC2)CC=C1.[Cl-].[Cl-].[Hf+2]. The standard InChI is InChI=1S/C12H16Si.2ClH.Hf/c1-13(2)12-9-5-8-11(12)10-6-3-4-7-10;;;/h3-6,9,13H,7-8H2,1-2H3;2*1H;/q;;;+2/p-2. The Hall–Kier alpha value is 0.627. The molecule has 0 fully saturated rings. The topological polar surface area (TPSA) is 0 Å². The molecular weight excluding hydrogens is 422 g/mol. The predicted octanol–water partition coefficient (Wildman–Crippen LogP) is -2.84. The van der Waals surface area contributed by atoms with E-state index in [0.29, 0.717) is 0 Å². The van der Waals surface area contributed by atoms with Crippen molar-refractivity contribution in [2.75, 3.05) is 0 Å². The zero-order valence-corrected chi connectivity index (χ0v) is 15.9. The normalized spacial score (nSPS) is 16.8. The maximum Gasteiger partial charge on any atom is 2.00 e. The molecule has 0 aromatic rings. The molecule has 0 unspecified atom stereocenters. The molecule has 0 bridgehead atoms. The van der Waals surface area contributed by atoms with Crippen molar-refractivity contribution in [1.29, 1.82) is 0 Å². The van der Waals surface area contributed by atoms with E-state index in [1.165, 1.54) is 6.42 Å². The minimum Gasteiger partial charge on any atom is -1.00 e. The summed E-state index contributed by atoms with van der Waals surface area (Å²) in [6.45, 7) is 4.82. The van der Waals surface area contributed by atoms with E-state index in [2.05, 4.69) is 43.5 Å². The van der Waals surface area contributed by atoms with Crippen LogP contribution in [0.25, 0.3) is 0 Å². The Morgan fingerprint density at radius 1 is 1.06 bits per heavy atom. The summed E-state index contributed by atoms with van der Waals surface area (Å²) in [5.41, 5.74) is 3.19.